The maximum atomic E-state index is 12.4. The number of Topliss-reactive ketones (excluding diaryl/α,β-unsaturated/α-hetero) is 2. The number of ether oxygens (including phenoxy) is 3. The Labute approximate surface area is 216 Å². The number of carbonyl (C=O) groups is 3. The van der Waals surface area contributed by atoms with Crippen molar-refractivity contribution in [3.05, 3.63) is 72.3 Å². The predicted molar refractivity (Wildman–Crippen MR) is 136 cm³/mol. The van der Waals surface area contributed by atoms with Crippen LogP contribution in [-0.2, 0) is 14.3 Å². The summed E-state index contributed by atoms with van der Waals surface area (Å²) in [7, 11) is 0. The van der Waals surface area contributed by atoms with Gasteiger partial charge in [-0.2, -0.15) is 0 Å². The zero-order chi connectivity index (χ0) is 26.6. The molecule has 37 heavy (non-hydrogen) atoms. The minimum absolute atomic E-state index is 0.0268. The van der Waals surface area contributed by atoms with Crippen LogP contribution in [0.5, 0.6) is 11.5 Å². The molecule has 8 nitrogen and oxygen atoms in total. The summed E-state index contributed by atoms with van der Waals surface area (Å²) in [6.07, 6.45) is 3.13. The number of allylic oxidation sites excluding steroid dienone is 2. The normalized spacial score (nSPS) is 20.2. The first-order valence-electron chi connectivity index (χ1n) is 12.5. The average molecular weight is 511 g/mol. The fourth-order valence-corrected chi connectivity index (χ4v) is 4.06. The van der Waals surface area contributed by atoms with E-state index in [4.69, 9.17) is 14.2 Å². The Kier molecular flexibility index (Phi) is 11.0. The van der Waals surface area contributed by atoms with Gasteiger partial charge in [0.25, 0.3) is 0 Å². The molecule has 2 N–H and O–H groups in total. The molecule has 1 aliphatic carbocycles. The molecule has 1 saturated carbocycles. The predicted octanol–water partition coefficient (Wildman–Crippen LogP) is 3.69. The fraction of sp³-hybridized carbons (Fsp3) is 0.414. The molecule has 0 spiro atoms. The molecule has 0 aromatic heterocycles. The summed E-state index contributed by atoms with van der Waals surface area (Å²) in [4.78, 5) is 35.7. The van der Waals surface area contributed by atoms with E-state index in [0.717, 1.165) is 0 Å². The molecular formula is C29H34O8. The highest BCUT2D eigenvalue weighted by molar-refractivity contribution is 5.94. The van der Waals surface area contributed by atoms with Crippen molar-refractivity contribution in [1.82, 2.24) is 0 Å². The van der Waals surface area contributed by atoms with E-state index in [1.807, 2.05) is 30.4 Å². The molecule has 8 heteroatoms. The molecule has 198 valence electrons. The third-order valence-electron chi connectivity index (χ3n) is 6.07. The van der Waals surface area contributed by atoms with Gasteiger partial charge < -0.3 is 24.4 Å². The summed E-state index contributed by atoms with van der Waals surface area (Å²) in [5, 5.41) is 20.4. The van der Waals surface area contributed by atoms with E-state index in [-0.39, 0.29) is 43.6 Å². The first-order valence-corrected chi connectivity index (χ1v) is 12.5. The largest absolute Gasteiger partial charge is 0.491 e. The van der Waals surface area contributed by atoms with Crippen LogP contribution in [0.4, 0.5) is 0 Å². The Morgan fingerprint density at radius 1 is 1.03 bits per heavy atom. The molecule has 1 aliphatic rings. The zero-order valence-electron chi connectivity index (χ0n) is 21.0. The van der Waals surface area contributed by atoms with Crippen molar-refractivity contribution in [2.75, 3.05) is 13.2 Å². The molecular weight excluding hydrogens is 476 g/mol. The highest BCUT2D eigenvalue weighted by atomic mass is 16.5. The van der Waals surface area contributed by atoms with Gasteiger partial charge in [-0.25, -0.2) is 0 Å². The molecule has 4 atom stereocenters. The third kappa shape index (κ3) is 9.24. The number of hydrogen-bond acceptors (Lipinski definition) is 8. The van der Waals surface area contributed by atoms with Crippen molar-refractivity contribution in [1.29, 1.82) is 0 Å². The van der Waals surface area contributed by atoms with E-state index in [1.165, 1.54) is 6.92 Å². The van der Waals surface area contributed by atoms with Gasteiger partial charge in [-0.05, 0) is 62.6 Å². The lowest BCUT2D eigenvalue weighted by Gasteiger charge is -2.22. The molecule has 2 aromatic rings. The molecule has 1 fully saturated rings. The second kappa shape index (κ2) is 14.4. The van der Waals surface area contributed by atoms with Gasteiger partial charge in [0.05, 0.1) is 18.8 Å². The number of unbranched alkanes of at least 4 members (excludes halogenated alkanes) is 1. The van der Waals surface area contributed by atoms with Crippen LogP contribution in [0.3, 0.4) is 0 Å². The van der Waals surface area contributed by atoms with Crippen LogP contribution in [0, 0.1) is 5.92 Å². The van der Waals surface area contributed by atoms with Crippen LogP contribution in [-0.4, -0.2) is 59.3 Å². The topological polar surface area (TPSA) is 119 Å². The Bertz CT molecular complexity index is 1050. The minimum Gasteiger partial charge on any atom is -0.491 e. The standard InChI is InChI=1S/C29H34O8/c1-20(30)21-13-15-24(16-14-21)37-28(34)12-8-3-2-7-11-25-26(32)17-27(33)29(25)36-19-22(31)18-35-23-9-5-4-6-10-23/h2,4-7,9-10,13-16,22,25,27,29,31,33H,3,8,11-12,17-19H2,1H3/t22?,25-,27+,29+/m0/s1. The number of ketones is 2. The van der Waals surface area contributed by atoms with Crippen molar-refractivity contribution in [3.63, 3.8) is 0 Å². The first-order chi connectivity index (χ1) is 17.8. The quantitative estimate of drug-likeness (QED) is 0.130. The fourth-order valence-electron chi connectivity index (χ4n) is 4.06. The number of hydrogen-bond donors (Lipinski definition) is 2. The molecule has 0 heterocycles. The van der Waals surface area contributed by atoms with Crippen LogP contribution < -0.4 is 9.47 Å². The van der Waals surface area contributed by atoms with Crippen LogP contribution in [0.1, 0.15) is 49.4 Å². The summed E-state index contributed by atoms with van der Waals surface area (Å²) >= 11 is 0. The van der Waals surface area contributed by atoms with Crippen molar-refractivity contribution >= 4 is 17.5 Å². The second-order valence-corrected chi connectivity index (χ2v) is 9.07. The summed E-state index contributed by atoms with van der Waals surface area (Å²) < 4.78 is 16.5. The number of para-hydroxylation sites is 1. The molecule has 2 aromatic carbocycles. The number of carbonyl (C=O) groups excluding carboxylic acids is 3. The van der Waals surface area contributed by atoms with Gasteiger partial charge in [0, 0.05) is 24.3 Å². The SMILES string of the molecule is CC(=O)c1ccc(OC(=O)CCCC=CC[C@H]2C(=O)C[C@@H](O)[C@@H]2OCC(O)COc2ccccc2)cc1. The molecule has 3 rings (SSSR count). The van der Waals surface area contributed by atoms with Gasteiger partial charge in [-0.1, -0.05) is 30.4 Å². The van der Waals surface area contributed by atoms with Crippen LogP contribution in [0.2, 0.25) is 0 Å². The Morgan fingerprint density at radius 2 is 1.76 bits per heavy atom. The Hall–Kier alpha value is -3.33. The van der Waals surface area contributed by atoms with Crippen molar-refractivity contribution in [2.45, 2.75) is 57.3 Å². The van der Waals surface area contributed by atoms with Crippen LogP contribution in [0.15, 0.2) is 66.7 Å². The molecule has 0 bridgehead atoms. The van der Waals surface area contributed by atoms with Gasteiger partial charge in [0.1, 0.15) is 30.0 Å². The van der Waals surface area contributed by atoms with E-state index in [2.05, 4.69) is 0 Å². The van der Waals surface area contributed by atoms with Crippen molar-refractivity contribution < 1.29 is 38.8 Å². The average Bonchev–Trinajstić information content (AvgIpc) is 3.16. The van der Waals surface area contributed by atoms with Gasteiger partial charge in [-0.3, -0.25) is 14.4 Å². The van der Waals surface area contributed by atoms with E-state index >= 15 is 0 Å². The minimum atomic E-state index is -0.910. The third-order valence-corrected chi connectivity index (χ3v) is 6.07. The van der Waals surface area contributed by atoms with Gasteiger partial charge in [0.15, 0.2) is 5.78 Å². The lowest BCUT2D eigenvalue weighted by Crippen LogP contribution is -2.34. The lowest BCUT2D eigenvalue weighted by molar-refractivity contribution is -0.134. The second-order valence-electron chi connectivity index (χ2n) is 9.07. The van der Waals surface area contributed by atoms with Crippen molar-refractivity contribution in [2.24, 2.45) is 5.92 Å². The zero-order valence-corrected chi connectivity index (χ0v) is 21.0. The molecule has 1 unspecified atom stereocenters. The Morgan fingerprint density at radius 3 is 2.46 bits per heavy atom. The van der Waals surface area contributed by atoms with Gasteiger partial charge in [0.2, 0.25) is 0 Å². The van der Waals surface area contributed by atoms with Crippen molar-refractivity contribution in [3.8, 4) is 11.5 Å². The molecule has 0 amide bonds. The van der Waals surface area contributed by atoms with E-state index in [9.17, 15) is 24.6 Å². The summed E-state index contributed by atoms with van der Waals surface area (Å²) in [5.74, 6) is 0.0561. The van der Waals surface area contributed by atoms with Crippen LogP contribution >= 0.6 is 0 Å². The monoisotopic (exact) mass is 510 g/mol. The van der Waals surface area contributed by atoms with Gasteiger partial charge >= 0.3 is 5.97 Å². The number of aliphatic hydroxyl groups is 2. The maximum absolute atomic E-state index is 12.4. The molecule has 0 saturated heterocycles. The summed E-state index contributed by atoms with van der Waals surface area (Å²) in [5.41, 5.74) is 0.555. The summed E-state index contributed by atoms with van der Waals surface area (Å²) in [6.45, 7) is 1.46. The Balaban J connectivity index is 1.35. The highest BCUT2D eigenvalue weighted by Gasteiger charge is 2.41. The number of rotatable bonds is 14. The number of benzene rings is 2. The van der Waals surface area contributed by atoms with E-state index in [0.29, 0.717) is 36.3 Å². The molecule has 0 radical (unpaired) electrons. The van der Waals surface area contributed by atoms with E-state index in [1.54, 1.807) is 36.4 Å². The lowest BCUT2D eigenvalue weighted by atomic mass is 9.99. The van der Waals surface area contributed by atoms with Crippen LogP contribution in [0.25, 0.3) is 0 Å². The maximum Gasteiger partial charge on any atom is 0.311 e. The number of aliphatic hydroxyl groups excluding tert-OH is 2. The number of esters is 1. The smallest absolute Gasteiger partial charge is 0.311 e. The van der Waals surface area contributed by atoms with E-state index < -0.39 is 24.2 Å². The summed E-state index contributed by atoms with van der Waals surface area (Å²) in [6, 6.07) is 15.5. The van der Waals surface area contributed by atoms with Gasteiger partial charge in [-0.15, -0.1) is 0 Å². The highest BCUT2D eigenvalue weighted by Crippen LogP contribution is 2.29. The molecule has 0 aliphatic heterocycles. The first kappa shape index (κ1) is 28.2.